The van der Waals surface area contributed by atoms with Crippen LogP contribution in [-0.2, 0) is 28.6 Å². The van der Waals surface area contributed by atoms with Gasteiger partial charge in [-0.1, -0.05) is 173 Å². The predicted octanol–water partition coefficient (Wildman–Crippen LogP) is 15.3. The van der Waals surface area contributed by atoms with Crippen LogP contribution in [0.25, 0.3) is 0 Å². The van der Waals surface area contributed by atoms with Crippen molar-refractivity contribution in [2.75, 3.05) is 41.0 Å². The zero-order chi connectivity index (χ0) is 49.9. The summed E-state index contributed by atoms with van der Waals surface area (Å²) in [6.07, 6.45) is 71.9. The first kappa shape index (κ1) is 63.2. The number of rotatable bonds is 44. The van der Waals surface area contributed by atoms with Crippen LogP contribution in [0.5, 0.6) is 0 Å². The van der Waals surface area contributed by atoms with E-state index in [0.29, 0.717) is 19.3 Å². The Morgan fingerprint density at radius 1 is 0.456 bits per heavy atom. The van der Waals surface area contributed by atoms with Gasteiger partial charge in [0.05, 0.1) is 34.4 Å². The molecule has 380 valence electrons. The number of ether oxygens (including phenoxy) is 3. The molecular weight excluding hydrogens is 847 g/mol. The second kappa shape index (κ2) is 48.7. The Kier molecular flexibility index (Phi) is 45.2. The van der Waals surface area contributed by atoms with Crippen LogP contribution in [0.1, 0.15) is 162 Å². The third kappa shape index (κ3) is 46.3. The summed E-state index contributed by atoms with van der Waals surface area (Å²) in [4.78, 5) is 37.2. The van der Waals surface area contributed by atoms with Crippen molar-refractivity contribution in [2.45, 2.75) is 174 Å². The van der Waals surface area contributed by atoms with Gasteiger partial charge in [0.15, 0.2) is 12.1 Å². The average Bonchev–Trinajstić information content (AvgIpc) is 3.30. The summed E-state index contributed by atoms with van der Waals surface area (Å²) in [6.45, 7) is 4.46. The molecule has 0 heterocycles. The second-order valence-electron chi connectivity index (χ2n) is 17.7. The molecule has 0 aromatic carbocycles. The normalized spacial score (nSPS) is 14.1. The number of aliphatic carboxylic acids is 1. The maximum absolute atomic E-state index is 12.8. The number of hydrogen-bond acceptors (Lipinski definition) is 6. The summed E-state index contributed by atoms with van der Waals surface area (Å²) in [6, 6.07) is -0.643. The van der Waals surface area contributed by atoms with Crippen molar-refractivity contribution in [3.8, 4) is 0 Å². The number of carboxylic acids is 1. The number of allylic oxidation sites excluding steroid dienone is 24. The third-order valence-electron chi connectivity index (χ3n) is 10.5. The van der Waals surface area contributed by atoms with Crippen LogP contribution in [0.2, 0.25) is 0 Å². The van der Waals surface area contributed by atoms with Gasteiger partial charge >= 0.3 is 17.9 Å². The molecule has 0 amide bonds. The molecular formula is C60H94NO7+. The van der Waals surface area contributed by atoms with Crippen molar-refractivity contribution in [2.24, 2.45) is 0 Å². The molecule has 0 aliphatic carbocycles. The Hall–Kier alpha value is -4.79. The highest BCUT2D eigenvalue weighted by atomic mass is 16.6. The fourth-order valence-electron chi connectivity index (χ4n) is 6.51. The molecule has 0 radical (unpaired) electrons. The number of quaternary nitrogens is 1. The molecule has 0 aromatic rings. The monoisotopic (exact) mass is 941 g/mol. The molecule has 2 atom stereocenters. The third-order valence-corrected chi connectivity index (χ3v) is 10.5. The van der Waals surface area contributed by atoms with E-state index in [1.165, 1.54) is 25.7 Å². The Balaban J connectivity index is 4.49. The van der Waals surface area contributed by atoms with Crippen LogP contribution in [0.3, 0.4) is 0 Å². The largest absolute Gasteiger partial charge is 0.477 e. The Morgan fingerprint density at radius 2 is 0.824 bits per heavy atom. The van der Waals surface area contributed by atoms with E-state index in [1.807, 2.05) is 21.1 Å². The highest BCUT2D eigenvalue weighted by molar-refractivity contribution is 5.72. The maximum Gasteiger partial charge on any atom is 0.362 e. The topological polar surface area (TPSA) is 99.1 Å². The summed E-state index contributed by atoms with van der Waals surface area (Å²) >= 11 is 0. The fraction of sp³-hybridized carbons (Fsp3) is 0.550. The SMILES string of the molecule is CC/C=C/C/C=C/C/C=C/C/C=C/C/C=C/C/C=C/C/C=C/CCCC(=O)OC(COCCC(C(=O)O)[N+](C)(C)C)COC(=O)CCCC/C=C/C/C=C/C/C=C/C/C=C/C/C=C/CCCCC. The van der Waals surface area contributed by atoms with Crippen molar-refractivity contribution >= 4 is 17.9 Å². The molecule has 1 N–H and O–H groups in total. The van der Waals surface area contributed by atoms with Gasteiger partial charge in [0.25, 0.3) is 0 Å². The Labute approximate surface area is 415 Å². The first-order chi connectivity index (χ1) is 33.1. The minimum Gasteiger partial charge on any atom is -0.477 e. The highest BCUT2D eigenvalue weighted by Gasteiger charge is 2.31. The van der Waals surface area contributed by atoms with Crippen molar-refractivity contribution < 1.29 is 38.2 Å². The number of unbranched alkanes of at least 4 members (excludes halogenated alkanes) is 6. The molecule has 0 fully saturated rings. The molecule has 0 rings (SSSR count). The van der Waals surface area contributed by atoms with E-state index in [9.17, 15) is 19.5 Å². The molecule has 0 saturated heterocycles. The molecule has 8 nitrogen and oxygen atoms in total. The van der Waals surface area contributed by atoms with E-state index in [4.69, 9.17) is 14.2 Å². The first-order valence-corrected chi connectivity index (χ1v) is 25.9. The number of carboxylic acid groups (broad SMARTS) is 1. The van der Waals surface area contributed by atoms with Gasteiger partial charge in [-0.3, -0.25) is 9.59 Å². The lowest BCUT2D eigenvalue weighted by atomic mass is 10.1. The summed E-state index contributed by atoms with van der Waals surface area (Å²) in [7, 11) is 5.48. The predicted molar refractivity (Wildman–Crippen MR) is 288 cm³/mol. The van der Waals surface area contributed by atoms with Gasteiger partial charge < -0.3 is 23.8 Å². The van der Waals surface area contributed by atoms with Gasteiger partial charge in [-0.05, 0) is 116 Å². The zero-order valence-electron chi connectivity index (χ0n) is 43.2. The molecule has 0 saturated carbocycles. The second-order valence-corrected chi connectivity index (χ2v) is 17.7. The van der Waals surface area contributed by atoms with Gasteiger partial charge in [0.2, 0.25) is 0 Å². The van der Waals surface area contributed by atoms with Gasteiger partial charge in [0, 0.05) is 19.3 Å². The molecule has 8 heteroatoms. The van der Waals surface area contributed by atoms with Crippen LogP contribution < -0.4 is 0 Å². The molecule has 0 aromatic heterocycles. The van der Waals surface area contributed by atoms with Crippen molar-refractivity contribution in [1.82, 2.24) is 0 Å². The minimum atomic E-state index is -0.897. The summed E-state index contributed by atoms with van der Waals surface area (Å²) in [5.74, 6) is -1.62. The Bertz CT molecular complexity index is 1610. The van der Waals surface area contributed by atoms with E-state index in [0.717, 1.165) is 89.9 Å². The van der Waals surface area contributed by atoms with E-state index in [1.54, 1.807) is 0 Å². The van der Waals surface area contributed by atoms with Crippen molar-refractivity contribution in [1.29, 1.82) is 0 Å². The number of hydrogen-bond donors (Lipinski definition) is 1. The molecule has 68 heavy (non-hydrogen) atoms. The smallest absolute Gasteiger partial charge is 0.362 e. The summed E-state index contributed by atoms with van der Waals surface area (Å²) < 4.78 is 17.2. The number of carbonyl (C=O) groups is 3. The molecule has 0 aliphatic heterocycles. The average molecular weight is 941 g/mol. The molecule has 0 aliphatic rings. The van der Waals surface area contributed by atoms with Crippen LogP contribution in [-0.4, -0.2) is 80.6 Å². The van der Waals surface area contributed by atoms with E-state index in [2.05, 4.69) is 160 Å². The van der Waals surface area contributed by atoms with E-state index < -0.39 is 18.1 Å². The van der Waals surface area contributed by atoms with Crippen LogP contribution in [0, 0.1) is 0 Å². The van der Waals surface area contributed by atoms with Gasteiger partial charge in [-0.25, -0.2) is 4.79 Å². The standard InChI is InChI=1S/C60H93NO7/c1-6-8-10-12-14-16-18-20-22-24-26-28-29-31-33-35-37-39-41-43-45-47-49-51-59(63)68-56(54-66-53-52-57(60(64)65)61(3,4)5)55-67-58(62)50-48-46-44-42-40-38-36-34-32-30-27-25-23-21-19-17-15-13-11-9-7-2/h8,10,14-17,20-23,26-28,30-31,33-34,36-37,39-40,42-43,45,56-57H,6-7,9,11-13,18-19,24-25,29,32,35,38,41,44,46-55H2,1-5H3/p+1/b10-8+,16-14+,17-15+,22-20+,23-21+,28-26+,30-27+,33-31+,36-34+,39-37+,42-40+,45-43+. The van der Waals surface area contributed by atoms with Gasteiger partial charge in [-0.15, -0.1) is 0 Å². The van der Waals surface area contributed by atoms with Gasteiger partial charge in [-0.2, -0.15) is 0 Å². The number of esters is 2. The van der Waals surface area contributed by atoms with Crippen molar-refractivity contribution in [3.05, 3.63) is 146 Å². The lowest BCUT2D eigenvalue weighted by molar-refractivity contribution is -0.887. The number of likely N-dealkylation sites (N-methyl/N-ethyl adjacent to an activating group) is 1. The van der Waals surface area contributed by atoms with Crippen molar-refractivity contribution in [3.63, 3.8) is 0 Å². The van der Waals surface area contributed by atoms with E-state index in [-0.39, 0.29) is 49.1 Å². The van der Waals surface area contributed by atoms with Gasteiger partial charge in [0.1, 0.15) is 6.61 Å². The first-order valence-electron chi connectivity index (χ1n) is 25.9. The Morgan fingerprint density at radius 3 is 1.21 bits per heavy atom. The van der Waals surface area contributed by atoms with Crippen LogP contribution in [0.15, 0.2) is 146 Å². The lowest BCUT2D eigenvalue weighted by Crippen LogP contribution is -2.50. The molecule has 2 unspecified atom stereocenters. The minimum absolute atomic E-state index is 0.0125. The zero-order valence-corrected chi connectivity index (χ0v) is 43.2. The quantitative estimate of drug-likeness (QED) is 0.0281. The summed E-state index contributed by atoms with van der Waals surface area (Å²) in [5, 5.41) is 9.66. The fourth-order valence-corrected chi connectivity index (χ4v) is 6.51. The maximum atomic E-state index is 12.8. The lowest BCUT2D eigenvalue weighted by Gasteiger charge is -2.31. The molecule has 0 bridgehead atoms. The van der Waals surface area contributed by atoms with E-state index >= 15 is 0 Å². The summed E-state index contributed by atoms with van der Waals surface area (Å²) in [5.41, 5.74) is 0. The van der Waals surface area contributed by atoms with Crippen LogP contribution in [0.4, 0.5) is 0 Å². The van der Waals surface area contributed by atoms with Crippen LogP contribution >= 0.6 is 0 Å². The highest BCUT2D eigenvalue weighted by Crippen LogP contribution is 2.11. The number of nitrogens with zero attached hydrogens (tertiary/aromatic N) is 1. The molecule has 0 spiro atoms. The number of carbonyl (C=O) groups excluding carboxylic acids is 2.